The minimum atomic E-state index is 0. The molecule has 0 aromatic carbocycles. The summed E-state index contributed by atoms with van der Waals surface area (Å²) in [5.74, 6) is 1.04. The summed E-state index contributed by atoms with van der Waals surface area (Å²) in [5, 5.41) is 26.8. The van der Waals surface area contributed by atoms with Crippen LogP contribution in [-0.4, -0.2) is 71.7 Å². The molecule has 0 saturated carbocycles. The molecule has 7 heteroatoms. The summed E-state index contributed by atoms with van der Waals surface area (Å²) in [6.07, 6.45) is 27.6. The number of carbonyl (C=O) groups excluding carboxylic acids is 1. The number of rotatable bonds is 28. The van der Waals surface area contributed by atoms with Gasteiger partial charge in [-0.25, -0.2) is 0 Å². The molecule has 0 aliphatic carbocycles. The van der Waals surface area contributed by atoms with Crippen LogP contribution in [0.25, 0.3) is 0 Å². The quantitative estimate of drug-likeness (QED) is 0.0558. The van der Waals surface area contributed by atoms with Crippen molar-refractivity contribution in [2.75, 3.05) is 39.5 Å². The first-order valence-corrected chi connectivity index (χ1v) is 18.8. The third-order valence-corrected chi connectivity index (χ3v) is 9.08. The van der Waals surface area contributed by atoms with Gasteiger partial charge in [0.2, 0.25) is 0 Å². The van der Waals surface area contributed by atoms with Crippen molar-refractivity contribution >= 4 is 5.97 Å². The minimum Gasteiger partial charge on any atom is -0.462 e. The molecule has 1 rings (SSSR count). The number of nitrogens with zero attached hydrogens (tertiary/aromatic N) is 1. The monoisotopic (exact) mass is 702 g/mol. The van der Waals surface area contributed by atoms with Crippen molar-refractivity contribution in [1.29, 1.82) is 0 Å². The van der Waals surface area contributed by atoms with Crippen LogP contribution in [0.1, 0.15) is 175 Å². The molecule has 1 fully saturated rings. The molecule has 0 aromatic rings. The van der Waals surface area contributed by atoms with E-state index in [1.807, 2.05) is 0 Å². The van der Waals surface area contributed by atoms with Gasteiger partial charge in [-0.3, -0.25) is 4.79 Å². The van der Waals surface area contributed by atoms with E-state index in [9.17, 15) is 4.79 Å². The summed E-state index contributed by atoms with van der Waals surface area (Å²) >= 11 is 0. The van der Waals surface area contributed by atoms with Crippen molar-refractivity contribution in [2.45, 2.75) is 181 Å². The van der Waals surface area contributed by atoms with Crippen molar-refractivity contribution in [3.63, 3.8) is 0 Å². The van der Waals surface area contributed by atoms with Crippen molar-refractivity contribution in [1.82, 2.24) is 4.90 Å². The summed E-state index contributed by atoms with van der Waals surface area (Å²) < 4.78 is 6.02. The average Bonchev–Trinajstić information content (AvgIpc) is 3.02. The topological polar surface area (TPSA) is 90.2 Å². The van der Waals surface area contributed by atoms with Crippen LogP contribution in [0.4, 0.5) is 0 Å². The van der Waals surface area contributed by atoms with Crippen molar-refractivity contribution < 1.29 is 57.6 Å². The smallest absolute Gasteiger partial charge is 0.306 e. The second-order valence-corrected chi connectivity index (χ2v) is 13.2. The summed E-state index contributed by atoms with van der Waals surface area (Å²) in [7, 11) is 0. The third kappa shape index (κ3) is 29.8. The van der Waals surface area contributed by atoms with Gasteiger partial charge in [0.25, 0.3) is 0 Å². The van der Waals surface area contributed by atoms with Crippen molar-refractivity contribution in [3.8, 4) is 0 Å². The fourth-order valence-electron chi connectivity index (χ4n) is 6.19. The van der Waals surface area contributed by atoms with Crippen LogP contribution in [0, 0.1) is 11.8 Å². The Labute approximate surface area is 299 Å². The van der Waals surface area contributed by atoms with E-state index in [2.05, 4.69) is 25.7 Å². The fourth-order valence-corrected chi connectivity index (χ4v) is 6.19. The zero-order valence-corrected chi connectivity index (χ0v) is 32.5. The maximum absolute atomic E-state index is 12.7. The molecule has 6 nitrogen and oxygen atoms in total. The number of carbonyl (C=O) groups is 1. The molecular formula is C37H75NO5Y. The number of piperidine rings is 1. The van der Waals surface area contributed by atoms with Gasteiger partial charge in [0.05, 0.1) is 0 Å². The van der Waals surface area contributed by atoms with Gasteiger partial charge in [-0.1, -0.05) is 104 Å². The first-order chi connectivity index (χ1) is 21.0. The first-order valence-electron chi connectivity index (χ1n) is 18.8. The number of aliphatic hydroxyl groups is 3. The maximum atomic E-state index is 12.7. The number of esters is 1. The molecule has 44 heavy (non-hydrogen) atoms. The number of ether oxygens (including phenoxy) is 1. The number of hydrogen-bond acceptors (Lipinski definition) is 6. The van der Waals surface area contributed by atoms with E-state index in [0.717, 1.165) is 71.0 Å². The van der Waals surface area contributed by atoms with E-state index in [1.54, 1.807) is 0 Å². The fraction of sp³-hybridized carbons (Fsp3) is 0.973. The third-order valence-electron chi connectivity index (χ3n) is 9.08. The molecular weight excluding hydrogens is 627 g/mol. The number of aliphatic hydroxyl groups excluding tert-OH is 3. The summed E-state index contributed by atoms with van der Waals surface area (Å²) in [6.45, 7) is 10.6. The van der Waals surface area contributed by atoms with Gasteiger partial charge < -0.3 is 25.0 Å². The molecule has 0 aromatic heterocycles. The average molecular weight is 703 g/mol. The van der Waals surface area contributed by atoms with Gasteiger partial charge in [0.15, 0.2) is 0 Å². The van der Waals surface area contributed by atoms with Crippen LogP contribution >= 0.6 is 0 Å². The van der Waals surface area contributed by atoms with Gasteiger partial charge in [-0.15, -0.1) is 0 Å². The zero-order valence-electron chi connectivity index (χ0n) is 29.6. The van der Waals surface area contributed by atoms with E-state index in [0.29, 0.717) is 31.5 Å². The number of hydrogen-bond donors (Lipinski definition) is 3. The van der Waals surface area contributed by atoms with E-state index in [4.69, 9.17) is 20.1 Å². The Morgan fingerprint density at radius 3 is 1.68 bits per heavy atom. The predicted octanol–water partition coefficient (Wildman–Crippen LogP) is 8.83. The molecule has 0 bridgehead atoms. The van der Waals surface area contributed by atoms with Crippen LogP contribution in [0.15, 0.2) is 0 Å². The maximum Gasteiger partial charge on any atom is 0.306 e. The molecule has 1 aliphatic heterocycles. The van der Waals surface area contributed by atoms with Gasteiger partial charge in [-0.05, 0) is 89.1 Å². The molecule has 1 radical (unpaired) electrons. The largest absolute Gasteiger partial charge is 0.462 e. The van der Waals surface area contributed by atoms with Crippen LogP contribution in [0.2, 0.25) is 0 Å². The minimum absolute atomic E-state index is 0. The Bertz CT molecular complexity index is 556. The molecule has 261 valence electrons. The van der Waals surface area contributed by atoms with E-state index >= 15 is 0 Å². The predicted molar refractivity (Wildman–Crippen MR) is 182 cm³/mol. The second kappa shape index (κ2) is 36.3. The molecule has 2 atom stereocenters. The van der Waals surface area contributed by atoms with E-state index in [-0.39, 0.29) is 51.4 Å². The zero-order chi connectivity index (χ0) is 31.8. The molecule has 0 amide bonds. The SMILES string of the molecule is CCCCC(CO)CCC.CCCCCCCCCC(CCCCCCCCO)OC(=O)CC1CCN(CCCO)CC1.[Y]. The Balaban J connectivity index is 0. The van der Waals surface area contributed by atoms with Gasteiger partial charge >= 0.3 is 5.97 Å². The van der Waals surface area contributed by atoms with Crippen molar-refractivity contribution in [3.05, 3.63) is 0 Å². The Morgan fingerprint density at radius 1 is 0.659 bits per heavy atom. The Hall–Kier alpha value is 0.414. The van der Waals surface area contributed by atoms with Crippen LogP contribution in [0.5, 0.6) is 0 Å². The van der Waals surface area contributed by atoms with Gasteiger partial charge in [0, 0.05) is 65.5 Å². The Kier molecular flexibility index (Phi) is 38.3. The Morgan fingerprint density at radius 2 is 1.18 bits per heavy atom. The second-order valence-electron chi connectivity index (χ2n) is 13.2. The van der Waals surface area contributed by atoms with Crippen molar-refractivity contribution in [2.24, 2.45) is 11.8 Å². The van der Waals surface area contributed by atoms with E-state index < -0.39 is 0 Å². The summed E-state index contributed by atoms with van der Waals surface area (Å²) in [5.41, 5.74) is 0. The first kappa shape index (κ1) is 46.5. The van der Waals surface area contributed by atoms with Gasteiger partial charge in [0.1, 0.15) is 6.10 Å². The normalized spacial score (nSPS) is 15.2. The number of likely N-dealkylation sites (tertiary alicyclic amines) is 1. The summed E-state index contributed by atoms with van der Waals surface area (Å²) in [6, 6.07) is 0. The van der Waals surface area contributed by atoms with Crippen LogP contribution in [-0.2, 0) is 42.2 Å². The standard InChI is InChI=1S/C28H55NO4.C9H20O.Y/c1-2-3-4-5-6-9-12-16-27(17-13-10-7-8-11-14-23-30)33-28(32)25-26-18-21-29(22-19-26)20-15-24-31;1-3-5-7-9(8-10)6-4-2;/h26-27,30-31H,2-25H2,1H3;9-10H,3-8H2,1-2H3;. The summed E-state index contributed by atoms with van der Waals surface area (Å²) in [4.78, 5) is 15.1. The molecule has 3 N–H and O–H groups in total. The van der Waals surface area contributed by atoms with Crippen LogP contribution in [0.3, 0.4) is 0 Å². The molecule has 2 unspecified atom stereocenters. The molecule has 1 heterocycles. The van der Waals surface area contributed by atoms with Crippen LogP contribution < -0.4 is 0 Å². The molecule has 1 saturated heterocycles. The molecule has 0 spiro atoms. The molecule has 1 aliphatic rings. The number of unbranched alkanes of at least 4 members (excludes halogenated alkanes) is 12. The van der Waals surface area contributed by atoms with E-state index in [1.165, 1.54) is 96.3 Å². The van der Waals surface area contributed by atoms with Gasteiger partial charge in [-0.2, -0.15) is 0 Å².